The van der Waals surface area contributed by atoms with Gasteiger partial charge in [0.15, 0.2) is 5.13 Å². The molecule has 0 fully saturated rings. The summed E-state index contributed by atoms with van der Waals surface area (Å²) in [5.74, 6) is -0.0295. The third kappa shape index (κ3) is 4.26. The Balaban J connectivity index is 0.00000256. The first-order valence-electron chi connectivity index (χ1n) is 5.48. The average molecular weight is 278 g/mol. The molecular formula is C11H20ClN3OS. The Morgan fingerprint density at radius 1 is 1.53 bits per heavy atom. The zero-order chi connectivity index (χ0) is 12.3. The van der Waals surface area contributed by atoms with Gasteiger partial charge in [0.25, 0.3) is 0 Å². The van der Waals surface area contributed by atoms with Crippen molar-refractivity contribution in [1.29, 1.82) is 0 Å². The van der Waals surface area contributed by atoms with Crippen LogP contribution in [0, 0.1) is 12.8 Å². The van der Waals surface area contributed by atoms with Crippen molar-refractivity contribution >= 4 is 34.8 Å². The summed E-state index contributed by atoms with van der Waals surface area (Å²) >= 11 is 1.50. The van der Waals surface area contributed by atoms with Crippen LogP contribution >= 0.6 is 23.7 Å². The Bertz CT molecular complexity index is 379. The molecule has 98 valence electrons. The van der Waals surface area contributed by atoms with Crippen molar-refractivity contribution < 1.29 is 4.79 Å². The monoisotopic (exact) mass is 277 g/mol. The first-order valence-corrected chi connectivity index (χ1v) is 6.30. The van der Waals surface area contributed by atoms with E-state index in [0.717, 1.165) is 17.0 Å². The van der Waals surface area contributed by atoms with Crippen LogP contribution in [-0.2, 0) is 11.2 Å². The molecule has 0 aromatic carbocycles. The minimum atomic E-state index is -0.478. The molecule has 1 heterocycles. The number of aromatic nitrogens is 1. The fourth-order valence-electron chi connectivity index (χ4n) is 1.30. The number of hydrogen-bond donors (Lipinski definition) is 2. The van der Waals surface area contributed by atoms with Crippen LogP contribution in [0.1, 0.15) is 31.3 Å². The number of nitrogens with zero attached hydrogens (tertiary/aromatic N) is 1. The summed E-state index contributed by atoms with van der Waals surface area (Å²) in [6.07, 6.45) is 0.883. The molecule has 0 bridgehead atoms. The van der Waals surface area contributed by atoms with Crippen molar-refractivity contribution in [2.45, 2.75) is 40.2 Å². The molecular weight excluding hydrogens is 258 g/mol. The van der Waals surface area contributed by atoms with Gasteiger partial charge in [-0.3, -0.25) is 4.79 Å². The van der Waals surface area contributed by atoms with Crippen LogP contribution in [0.15, 0.2) is 0 Å². The van der Waals surface area contributed by atoms with Crippen LogP contribution in [0.5, 0.6) is 0 Å². The van der Waals surface area contributed by atoms with Gasteiger partial charge in [-0.25, -0.2) is 4.98 Å². The number of rotatable bonds is 4. The van der Waals surface area contributed by atoms with Gasteiger partial charge in [0, 0.05) is 4.88 Å². The van der Waals surface area contributed by atoms with Crippen LogP contribution < -0.4 is 11.1 Å². The molecule has 0 radical (unpaired) electrons. The van der Waals surface area contributed by atoms with Crippen molar-refractivity contribution in [3.63, 3.8) is 0 Å². The number of carbonyl (C=O) groups is 1. The van der Waals surface area contributed by atoms with Crippen molar-refractivity contribution in [3.8, 4) is 0 Å². The molecule has 3 N–H and O–H groups in total. The number of amides is 1. The highest BCUT2D eigenvalue weighted by molar-refractivity contribution is 7.15. The molecule has 0 spiro atoms. The zero-order valence-electron chi connectivity index (χ0n) is 10.6. The highest BCUT2D eigenvalue weighted by Crippen LogP contribution is 2.22. The number of carbonyl (C=O) groups excluding carboxylic acids is 1. The van der Waals surface area contributed by atoms with Gasteiger partial charge in [0.05, 0.1) is 11.7 Å². The molecule has 0 saturated heterocycles. The number of aryl methyl sites for hydroxylation is 2. The fourth-order valence-corrected chi connectivity index (χ4v) is 2.21. The smallest absolute Gasteiger partial charge is 0.243 e. The van der Waals surface area contributed by atoms with Crippen LogP contribution in [0.3, 0.4) is 0 Å². The van der Waals surface area contributed by atoms with E-state index >= 15 is 0 Å². The molecule has 17 heavy (non-hydrogen) atoms. The minimum Gasteiger partial charge on any atom is -0.320 e. The van der Waals surface area contributed by atoms with Gasteiger partial charge in [-0.2, -0.15) is 0 Å². The van der Waals surface area contributed by atoms with Crippen molar-refractivity contribution in [2.24, 2.45) is 11.7 Å². The lowest BCUT2D eigenvalue weighted by molar-refractivity contribution is -0.118. The molecule has 0 aliphatic carbocycles. The molecule has 0 aliphatic heterocycles. The van der Waals surface area contributed by atoms with Gasteiger partial charge in [0.2, 0.25) is 5.91 Å². The van der Waals surface area contributed by atoms with E-state index in [1.165, 1.54) is 11.3 Å². The fraction of sp³-hybridized carbons (Fsp3) is 0.636. The van der Waals surface area contributed by atoms with Crippen LogP contribution in [0.2, 0.25) is 0 Å². The number of nitrogens with one attached hydrogen (secondary N) is 1. The maximum Gasteiger partial charge on any atom is 0.243 e. The van der Waals surface area contributed by atoms with Gasteiger partial charge >= 0.3 is 0 Å². The third-order valence-corrected chi connectivity index (χ3v) is 3.41. The molecule has 1 aromatic heterocycles. The Morgan fingerprint density at radius 2 is 2.12 bits per heavy atom. The zero-order valence-corrected chi connectivity index (χ0v) is 12.2. The quantitative estimate of drug-likeness (QED) is 0.888. The molecule has 1 rings (SSSR count). The van der Waals surface area contributed by atoms with Crippen LogP contribution in [-0.4, -0.2) is 16.9 Å². The molecule has 0 saturated carbocycles. The second kappa shape index (κ2) is 6.93. The van der Waals surface area contributed by atoms with Crippen molar-refractivity contribution in [2.75, 3.05) is 5.32 Å². The predicted octanol–water partition coefficient (Wildman–Crippen LogP) is 2.36. The lowest BCUT2D eigenvalue weighted by Gasteiger charge is -2.13. The van der Waals surface area contributed by atoms with E-state index < -0.39 is 6.04 Å². The average Bonchev–Trinajstić information content (AvgIpc) is 2.57. The molecule has 1 atom stereocenters. The highest BCUT2D eigenvalue weighted by Gasteiger charge is 2.18. The molecule has 1 amide bonds. The van der Waals surface area contributed by atoms with Gasteiger partial charge < -0.3 is 11.1 Å². The van der Waals surface area contributed by atoms with Gasteiger partial charge in [-0.15, -0.1) is 23.7 Å². The lowest BCUT2D eigenvalue weighted by Crippen LogP contribution is -2.39. The number of hydrogen-bond acceptors (Lipinski definition) is 4. The maximum atomic E-state index is 11.7. The molecule has 4 nitrogen and oxygen atoms in total. The highest BCUT2D eigenvalue weighted by atomic mass is 35.5. The van der Waals surface area contributed by atoms with Crippen molar-refractivity contribution in [3.05, 3.63) is 10.6 Å². The summed E-state index contributed by atoms with van der Waals surface area (Å²) in [6, 6.07) is -0.478. The van der Waals surface area contributed by atoms with E-state index in [0.29, 0.717) is 5.13 Å². The van der Waals surface area contributed by atoms with E-state index in [1.54, 1.807) is 0 Å². The van der Waals surface area contributed by atoms with E-state index in [4.69, 9.17) is 5.73 Å². The summed E-state index contributed by atoms with van der Waals surface area (Å²) in [4.78, 5) is 17.2. The third-order valence-electron chi connectivity index (χ3n) is 2.48. The van der Waals surface area contributed by atoms with Gasteiger partial charge in [-0.1, -0.05) is 20.8 Å². The van der Waals surface area contributed by atoms with Gasteiger partial charge in [0.1, 0.15) is 0 Å². The molecule has 6 heteroatoms. The Morgan fingerprint density at radius 3 is 2.53 bits per heavy atom. The Labute approximate surface area is 112 Å². The summed E-state index contributed by atoms with van der Waals surface area (Å²) in [6.45, 7) is 7.91. The molecule has 1 unspecified atom stereocenters. The van der Waals surface area contributed by atoms with E-state index in [9.17, 15) is 4.79 Å². The summed E-state index contributed by atoms with van der Waals surface area (Å²) < 4.78 is 0. The Kier molecular flexibility index (Phi) is 6.67. The second-order valence-corrected chi connectivity index (χ2v) is 5.34. The largest absolute Gasteiger partial charge is 0.320 e. The van der Waals surface area contributed by atoms with E-state index in [2.05, 4.69) is 10.3 Å². The number of anilines is 1. The number of halogens is 1. The Hall–Kier alpha value is -0.650. The minimum absolute atomic E-state index is 0. The van der Waals surface area contributed by atoms with E-state index in [1.807, 2.05) is 27.7 Å². The number of nitrogens with two attached hydrogens (primary N) is 1. The predicted molar refractivity (Wildman–Crippen MR) is 74.9 cm³/mol. The normalized spacial score (nSPS) is 12.1. The SMILES string of the molecule is CCc1nc(NC(=O)C(N)C(C)C)sc1C.Cl. The number of thiazole rings is 1. The first kappa shape index (κ1) is 16.4. The topological polar surface area (TPSA) is 68.0 Å². The maximum absolute atomic E-state index is 11.7. The van der Waals surface area contributed by atoms with Gasteiger partial charge in [-0.05, 0) is 19.3 Å². The summed E-state index contributed by atoms with van der Waals surface area (Å²) in [5, 5.41) is 3.41. The lowest BCUT2D eigenvalue weighted by atomic mass is 10.1. The second-order valence-electron chi connectivity index (χ2n) is 4.13. The van der Waals surface area contributed by atoms with Crippen LogP contribution in [0.25, 0.3) is 0 Å². The van der Waals surface area contributed by atoms with Crippen LogP contribution in [0.4, 0.5) is 5.13 Å². The molecule has 0 aliphatic rings. The van der Waals surface area contributed by atoms with Crippen molar-refractivity contribution in [1.82, 2.24) is 4.98 Å². The summed E-state index contributed by atoms with van der Waals surface area (Å²) in [7, 11) is 0. The van der Waals surface area contributed by atoms with E-state index in [-0.39, 0.29) is 24.2 Å². The first-order chi connectivity index (χ1) is 7.45. The molecule has 1 aromatic rings. The summed E-state index contributed by atoms with van der Waals surface area (Å²) in [5.41, 5.74) is 6.79. The standard InChI is InChI=1S/C11H19N3OS.ClH/c1-5-8-7(4)16-11(13-8)14-10(15)9(12)6(2)3;/h6,9H,5,12H2,1-4H3,(H,13,14,15);1H.